The van der Waals surface area contributed by atoms with E-state index in [0.717, 1.165) is 18.8 Å². The van der Waals surface area contributed by atoms with Gasteiger partial charge in [-0.05, 0) is 57.0 Å². The quantitative estimate of drug-likeness (QED) is 0.861. The van der Waals surface area contributed by atoms with Crippen LogP contribution in [0.4, 0.5) is 11.4 Å². The summed E-state index contributed by atoms with van der Waals surface area (Å²) in [6.07, 6.45) is 4.39. The molecule has 6 nitrogen and oxygen atoms in total. The predicted molar refractivity (Wildman–Crippen MR) is 101 cm³/mol. The summed E-state index contributed by atoms with van der Waals surface area (Å²) in [6.45, 7) is 2.40. The molecule has 1 aromatic carbocycles. The number of hydrogen-bond acceptors (Lipinski definition) is 5. The number of carbonyl (C=O) groups excluding carboxylic acids is 1. The van der Waals surface area contributed by atoms with Crippen LogP contribution >= 0.6 is 0 Å². The molecule has 0 spiro atoms. The Morgan fingerprint density at radius 1 is 1.20 bits per heavy atom. The Bertz CT molecular complexity index is 697. The summed E-state index contributed by atoms with van der Waals surface area (Å²) < 4.78 is 23.1. The van der Waals surface area contributed by atoms with E-state index in [1.807, 2.05) is 36.2 Å². The summed E-state index contributed by atoms with van der Waals surface area (Å²) >= 11 is 0. The first kappa shape index (κ1) is 18.2. The van der Waals surface area contributed by atoms with Crippen molar-refractivity contribution in [1.29, 1.82) is 0 Å². The van der Waals surface area contributed by atoms with Crippen LogP contribution in [0.5, 0.6) is 0 Å². The molecule has 3 rings (SSSR count). The summed E-state index contributed by atoms with van der Waals surface area (Å²) in [4.78, 5) is 16.4. The summed E-state index contributed by atoms with van der Waals surface area (Å²) in [7, 11) is -1.12. The van der Waals surface area contributed by atoms with Gasteiger partial charge in [-0.15, -0.1) is 0 Å². The Morgan fingerprint density at radius 3 is 2.48 bits per heavy atom. The van der Waals surface area contributed by atoms with Crippen molar-refractivity contribution in [2.45, 2.75) is 31.7 Å². The van der Waals surface area contributed by atoms with Gasteiger partial charge in [0.2, 0.25) is 5.91 Å². The largest absolute Gasteiger partial charge is 0.372 e. The lowest BCUT2D eigenvalue weighted by molar-refractivity contribution is -0.117. The van der Waals surface area contributed by atoms with Crippen molar-refractivity contribution in [2.24, 2.45) is 0 Å². The number of nitrogens with one attached hydrogen (secondary N) is 1. The lowest BCUT2D eigenvalue weighted by Crippen LogP contribution is -2.38. The standard InChI is InChI=1S/C18H27N3O3S/c1-20(17-9-12-25(23,24)14-17)13-18(22)19-15-5-7-16(8-6-15)21-10-3-2-4-11-21/h5-8,17H,2-4,9-14H2,1H3,(H,19,22). The molecule has 2 saturated heterocycles. The highest BCUT2D eigenvalue weighted by Gasteiger charge is 2.31. The minimum absolute atomic E-state index is 0.0581. The second-order valence-corrected chi connectivity index (χ2v) is 9.34. The molecule has 1 aromatic rings. The molecule has 0 bridgehead atoms. The van der Waals surface area contributed by atoms with Crippen molar-refractivity contribution in [3.05, 3.63) is 24.3 Å². The molecule has 0 radical (unpaired) electrons. The van der Waals surface area contributed by atoms with E-state index >= 15 is 0 Å². The average Bonchev–Trinajstić information content (AvgIpc) is 2.96. The zero-order valence-corrected chi connectivity index (χ0v) is 15.6. The minimum atomic E-state index is -2.93. The summed E-state index contributed by atoms with van der Waals surface area (Å²) in [5, 5.41) is 2.90. The molecule has 2 fully saturated rings. The number of benzene rings is 1. The van der Waals surface area contributed by atoms with Gasteiger partial charge in [0, 0.05) is 30.5 Å². The third-order valence-corrected chi connectivity index (χ3v) is 6.85. The predicted octanol–water partition coefficient (Wildman–Crippen LogP) is 1.73. The SMILES string of the molecule is CN(CC(=O)Nc1ccc(N2CCCCC2)cc1)C1CCS(=O)(=O)C1. The Balaban J connectivity index is 1.50. The van der Waals surface area contributed by atoms with Crippen LogP contribution < -0.4 is 10.2 Å². The summed E-state index contributed by atoms with van der Waals surface area (Å²) in [6, 6.07) is 7.91. The molecule has 2 aliphatic heterocycles. The number of rotatable bonds is 5. The highest BCUT2D eigenvalue weighted by atomic mass is 32.2. The van der Waals surface area contributed by atoms with Gasteiger partial charge in [-0.2, -0.15) is 0 Å². The van der Waals surface area contributed by atoms with Crippen LogP contribution in [0.3, 0.4) is 0 Å². The number of sulfone groups is 1. The fourth-order valence-corrected chi connectivity index (χ4v) is 5.39. The molecule has 25 heavy (non-hydrogen) atoms. The molecule has 7 heteroatoms. The van der Waals surface area contributed by atoms with Crippen LogP contribution in [0.25, 0.3) is 0 Å². The van der Waals surface area contributed by atoms with Gasteiger partial charge in [-0.3, -0.25) is 9.69 Å². The third-order valence-electron chi connectivity index (χ3n) is 5.10. The number of carbonyl (C=O) groups is 1. The zero-order valence-electron chi connectivity index (χ0n) is 14.8. The molecule has 1 atom stereocenters. The van der Waals surface area contributed by atoms with E-state index in [9.17, 15) is 13.2 Å². The lowest BCUT2D eigenvalue weighted by Gasteiger charge is -2.29. The molecule has 0 aliphatic carbocycles. The number of nitrogens with zero attached hydrogens (tertiary/aromatic N) is 2. The molecule has 138 valence electrons. The molecule has 2 heterocycles. The Labute approximate surface area is 150 Å². The molecule has 1 amide bonds. The van der Waals surface area contributed by atoms with E-state index < -0.39 is 9.84 Å². The van der Waals surface area contributed by atoms with E-state index in [-0.39, 0.29) is 30.0 Å². The van der Waals surface area contributed by atoms with E-state index in [1.165, 1.54) is 24.9 Å². The molecular formula is C18H27N3O3S. The highest BCUT2D eigenvalue weighted by molar-refractivity contribution is 7.91. The number of likely N-dealkylation sites (N-methyl/N-ethyl adjacent to an activating group) is 1. The third kappa shape index (κ3) is 4.95. The maximum absolute atomic E-state index is 12.2. The zero-order chi connectivity index (χ0) is 17.9. The molecule has 1 N–H and O–H groups in total. The van der Waals surface area contributed by atoms with E-state index in [4.69, 9.17) is 0 Å². The van der Waals surface area contributed by atoms with Crippen molar-refractivity contribution >= 4 is 27.1 Å². The minimum Gasteiger partial charge on any atom is -0.372 e. The second-order valence-electron chi connectivity index (χ2n) is 7.11. The van der Waals surface area contributed by atoms with Crippen LogP contribution in [0.1, 0.15) is 25.7 Å². The van der Waals surface area contributed by atoms with E-state index in [0.29, 0.717) is 6.42 Å². The Morgan fingerprint density at radius 2 is 1.88 bits per heavy atom. The van der Waals surface area contributed by atoms with Gasteiger partial charge in [0.25, 0.3) is 0 Å². The van der Waals surface area contributed by atoms with Crippen LogP contribution in [-0.4, -0.2) is 63.5 Å². The second kappa shape index (κ2) is 7.74. The van der Waals surface area contributed by atoms with Gasteiger partial charge in [0.1, 0.15) is 0 Å². The first-order valence-corrected chi connectivity index (χ1v) is 10.8. The number of amides is 1. The fraction of sp³-hybridized carbons (Fsp3) is 0.611. The number of piperidine rings is 1. The van der Waals surface area contributed by atoms with Crippen LogP contribution in [-0.2, 0) is 14.6 Å². The number of anilines is 2. The summed E-state index contributed by atoms with van der Waals surface area (Å²) in [5.74, 6) is 0.264. The molecule has 1 unspecified atom stereocenters. The smallest absolute Gasteiger partial charge is 0.238 e. The highest BCUT2D eigenvalue weighted by Crippen LogP contribution is 2.22. The maximum Gasteiger partial charge on any atom is 0.238 e. The number of hydrogen-bond donors (Lipinski definition) is 1. The van der Waals surface area contributed by atoms with Gasteiger partial charge in [-0.1, -0.05) is 0 Å². The van der Waals surface area contributed by atoms with Crippen molar-refractivity contribution in [1.82, 2.24) is 4.90 Å². The van der Waals surface area contributed by atoms with Gasteiger partial charge in [-0.25, -0.2) is 8.42 Å². The van der Waals surface area contributed by atoms with Crippen LogP contribution in [0, 0.1) is 0 Å². The van der Waals surface area contributed by atoms with Gasteiger partial charge in [0.05, 0.1) is 18.1 Å². The first-order valence-electron chi connectivity index (χ1n) is 8.98. The Hall–Kier alpha value is -1.60. The molecule has 0 saturated carbocycles. The van der Waals surface area contributed by atoms with Crippen molar-refractivity contribution in [2.75, 3.05) is 48.4 Å². The van der Waals surface area contributed by atoms with E-state index in [2.05, 4.69) is 10.2 Å². The molecule has 2 aliphatic rings. The van der Waals surface area contributed by atoms with Crippen LogP contribution in [0.15, 0.2) is 24.3 Å². The molecular weight excluding hydrogens is 338 g/mol. The molecule has 0 aromatic heterocycles. The van der Waals surface area contributed by atoms with Crippen molar-refractivity contribution < 1.29 is 13.2 Å². The van der Waals surface area contributed by atoms with Gasteiger partial charge < -0.3 is 10.2 Å². The lowest BCUT2D eigenvalue weighted by atomic mass is 10.1. The van der Waals surface area contributed by atoms with Crippen LogP contribution in [0.2, 0.25) is 0 Å². The Kier molecular flexibility index (Phi) is 5.64. The van der Waals surface area contributed by atoms with Gasteiger partial charge in [0.15, 0.2) is 9.84 Å². The van der Waals surface area contributed by atoms with E-state index in [1.54, 1.807) is 0 Å². The normalized spacial score (nSPS) is 23.0. The fourth-order valence-electron chi connectivity index (χ4n) is 3.59. The van der Waals surface area contributed by atoms with Crippen molar-refractivity contribution in [3.8, 4) is 0 Å². The summed E-state index contributed by atoms with van der Waals surface area (Å²) in [5.41, 5.74) is 1.98. The first-order chi connectivity index (χ1) is 11.9. The van der Waals surface area contributed by atoms with Crippen molar-refractivity contribution in [3.63, 3.8) is 0 Å². The average molecular weight is 365 g/mol. The van der Waals surface area contributed by atoms with Gasteiger partial charge >= 0.3 is 0 Å². The maximum atomic E-state index is 12.2. The monoisotopic (exact) mass is 365 g/mol. The topological polar surface area (TPSA) is 69.7 Å².